The maximum Gasteiger partial charge on any atom is 0.249 e. The predicted molar refractivity (Wildman–Crippen MR) is 63.1 cm³/mol. The fourth-order valence-corrected chi connectivity index (χ4v) is 2.23. The van der Waals surface area contributed by atoms with Crippen LogP contribution in [-0.4, -0.2) is 26.6 Å². The van der Waals surface area contributed by atoms with E-state index in [1.165, 1.54) is 18.8 Å². The van der Waals surface area contributed by atoms with Gasteiger partial charge in [0.15, 0.2) is 0 Å². The lowest BCUT2D eigenvalue weighted by atomic mass is 9.80. The standard InChI is InChI=1S/C11H17N5O/c12-11(4-2-1-3-5-11)8-9(17)15-10-13-6-7-14-16-10/h6-7H,1-5,8,12H2,(H,13,15,16,17). The molecule has 6 nitrogen and oxygen atoms in total. The monoisotopic (exact) mass is 235 g/mol. The highest BCUT2D eigenvalue weighted by molar-refractivity contribution is 5.89. The Morgan fingerprint density at radius 2 is 2.12 bits per heavy atom. The van der Waals surface area contributed by atoms with Crippen LogP contribution in [0.15, 0.2) is 12.4 Å². The Kier molecular flexibility index (Phi) is 3.63. The van der Waals surface area contributed by atoms with Crippen molar-refractivity contribution in [2.24, 2.45) is 5.73 Å². The van der Waals surface area contributed by atoms with Gasteiger partial charge in [-0.05, 0) is 12.8 Å². The molecule has 1 aliphatic carbocycles. The molecule has 1 aromatic rings. The summed E-state index contributed by atoms with van der Waals surface area (Å²) < 4.78 is 0. The number of aromatic nitrogens is 3. The van der Waals surface area contributed by atoms with Gasteiger partial charge in [-0.25, -0.2) is 4.98 Å². The summed E-state index contributed by atoms with van der Waals surface area (Å²) in [5.74, 6) is 0.0966. The van der Waals surface area contributed by atoms with Gasteiger partial charge in [-0.2, -0.15) is 5.10 Å². The van der Waals surface area contributed by atoms with Crippen molar-refractivity contribution in [3.63, 3.8) is 0 Å². The second kappa shape index (κ2) is 5.18. The largest absolute Gasteiger partial charge is 0.325 e. The Hall–Kier alpha value is -1.56. The minimum Gasteiger partial charge on any atom is -0.325 e. The minimum atomic E-state index is -0.357. The number of nitrogens with two attached hydrogens (primary N) is 1. The molecular weight excluding hydrogens is 218 g/mol. The summed E-state index contributed by atoms with van der Waals surface area (Å²) in [6.45, 7) is 0. The third-order valence-electron chi connectivity index (χ3n) is 3.10. The first-order chi connectivity index (χ1) is 8.18. The van der Waals surface area contributed by atoms with Crippen LogP contribution in [0, 0.1) is 0 Å². The first kappa shape index (κ1) is 11.9. The average molecular weight is 235 g/mol. The lowest BCUT2D eigenvalue weighted by Gasteiger charge is -2.32. The van der Waals surface area contributed by atoms with E-state index in [4.69, 9.17) is 5.73 Å². The molecule has 0 saturated heterocycles. The van der Waals surface area contributed by atoms with Crippen LogP contribution in [0.2, 0.25) is 0 Å². The smallest absolute Gasteiger partial charge is 0.249 e. The van der Waals surface area contributed by atoms with Gasteiger partial charge in [0, 0.05) is 12.0 Å². The number of amides is 1. The van der Waals surface area contributed by atoms with Gasteiger partial charge >= 0.3 is 0 Å². The number of rotatable bonds is 3. The zero-order chi connectivity index (χ0) is 12.1. The molecule has 0 unspecified atom stereocenters. The number of anilines is 1. The van der Waals surface area contributed by atoms with Gasteiger partial charge < -0.3 is 5.73 Å². The predicted octanol–water partition coefficient (Wildman–Crippen LogP) is 0.862. The zero-order valence-corrected chi connectivity index (χ0v) is 9.72. The topological polar surface area (TPSA) is 93.8 Å². The number of nitrogens with zero attached hydrogens (tertiary/aromatic N) is 3. The van der Waals surface area contributed by atoms with Gasteiger partial charge in [0.2, 0.25) is 11.9 Å². The molecule has 92 valence electrons. The highest BCUT2D eigenvalue weighted by Crippen LogP contribution is 2.28. The van der Waals surface area contributed by atoms with E-state index in [1.807, 2.05) is 0 Å². The fraction of sp³-hybridized carbons (Fsp3) is 0.636. The normalized spacial score (nSPS) is 18.6. The molecule has 0 aliphatic heterocycles. The van der Waals surface area contributed by atoms with Gasteiger partial charge in [0.05, 0.1) is 12.4 Å². The SMILES string of the molecule is NC1(CC(=O)Nc2nccnn2)CCCCC1. The molecule has 17 heavy (non-hydrogen) atoms. The van der Waals surface area contributed by atoms with E-state index >= 15 is 0 Å². The lowest BCUT2D eigenvalue weighted by Crippen LogP contribution is -2.44. The molecule has 1 fully saturated rings. The summed E-state index contributed by atoms with van der Waals surface area (Å²) >= 11 is 0. The molecule has 1 aromatic heterocycles. The van der Waals surface area contributed by atoms with E-state index < -0.39 is 0 Å². The van der Waals surface area contributed by atoms with Gasteiger partial charge in [0.1, 0.15) is 0 Å². The molecule has 0 radical (unpaired) electrons. The Bertz CT molecular complexity index is 375. The molecule has 2 rings (SSSR count). The molecule has 1 aliphatic rings. The summed E-state index contributed by atoms with van der Waals surface area (Å²) in [7, 11) is 0. The van der Waals surface area contributed by atoms with Crippen LogP contribution < -0.4 is 11.1 Å². The van der Waals surface area contributed by atoms with Crippen molar-refractivity contribution in [2.75, 3.05) is 5.32 Å². The van der Waals surface area contributed by atoms with E-state index in [0.29, 0.717) is 6.42 Å². The maximum atomic E-state index is 11.8. The molecule has 0 aromatic carbocycles. The second-order valence-corrected chi connectivity index (χ2v) is 4.61. The van der Waals surface area contributed by atoms with E-state index in [9.17, 15) is 4.79 Å². The third kappa shape index (κ3) is 3.45. The number of hydrogen-bond donors (Lipinski definition) is 2. The van der Waals surface area contributed by atoms with E-state index in [-0.39, 0.29) is 17.4 Å². The highest BCUT2D eigenvalue weighted by Gasteiger charge is 2.30. The van der Waals surface area contributed by atoms with Crippen molar-refractivity contribution < 1.29 is 4.79 Å². The summed E-state index contributed by atoms with van der Waals surface area (Å²) in [5.41, 5.74) is 5.84. The molecule has 1 amide bonds. The van der Waals surface area contributed by atoms with Crippen LogP contribution in [0.3, 0.4) is 0 Å². The van der Waals surface area contributed by atoms with Crippen molar-refractivity contribution in [3.8, 4) is 0 Å². The van der Waals surface area contributed by atoms with Crippen LogP contribution in [0.25, 0.3) is 0 Å². The molecule has 0 spiro atoms. The second-order valence-electron chi connectivity index (χ2n) is 4.61. The van der Waals surface area contributed by atoms with Crippen molar-refractivity contribution in [2.45, 2.75) is 44.1 Å². The zero-order valence-electron chi connectivity index (χ0n) is 9.72. The van der Waals surface area contributed by atoms with Crippen LogP contribution in [-0.2, 0) is 4.79 Å². The Morgan fingerprint density at radius 3 is 2.76 bits per heavy atom. The van der Waals surface area contributed by atoms with Gasteiger partial charge in [-0.1, -0.05) is 19.3 Å². The Labute approximate surface area is 100 Å². The fourth-order valence-electron chi connectivity index (χ4n) is 2.23. The molecular formula is C11H17N5O. The quantitative estimate of drug-likeness (QED) is 0.810. The van der Waals surface area contributed by atoms with Gasteiger partial charge in [0.25, 0.3) is 0 Å². The lowest BCUT2D eigenvalue weighted by molar-refractivity contribution is -0.117. The molecule has 0 bridgehead atoms. The Balaban J connectivity index is 1.88. The van der Waals surface area contributed by atoms with E-state index in [2.05, 4.69) is 20.5 Å². The van der Waals surface area contributed by atoms with E-state index in [0.717, 1.165) is 25.7 Å². The third-order valence-corrected chi connectivity index (χ3v) is 3.10. The summed E-state index contributed by atoms with van der Waals surface area (Å²) in [4.78, 5) is 15.7. The van der Waals surface area contributed by atoms with Crippen LogP contribution in [0.4, 0.5) is 5.95 Å². The van der Waals surface area contributed by atoms with E-state index in [1.54, 1.807) is 0 Å². The first-order valence-corrected chi connectivity index (χ1v) is 5.90. The summed E-state index contributed by atoms with van der Waals surface area (Å²) in [6, 6.07) is 0. The van der Waals surface area contributed by atoms with Gasteiger partial charge in [-0.15, -0.1) is 5.10 Å². The molecule has 1 heterocycles. The highest BCUT2D eigenvalue weighted by atomic mass is 16.1. The summed E-state index contributed by atoms with van der Waals surface area (Å²) in [6.07, 6.45) is 8.52. The minimum absolute atomic E-state index is 0.137. The number of nitrogens with one attached hydrogen (secondary N) is 1. The van der Waals surface area contributed by atoms with Crippen LogP contribution in [0.1, 0.15) is 38.5 Å². The molecule has 3 N–H and O–H groups in total. The van der Waals surface area contributed by atoms with Crippen LogP contribution in [0.5, 0.6) is 0 Å². The molecule has 6 heteroatoms. The summed E-state index contributed by atoms with van der Waals surface area (Å²) in [5, 5.41) is 9.95. The molecule has 0 atom stereocenters. The van der Waals surface area contributed by atoms with Crippen molar-refractivity contribution >= 4 is 11.9 Å². The van der Waals surface area contributed by atoms with Crippen molar-refractivity contribution in [1.82, 2.24) is 15.2 Å². The van der Waals surface area contributed by atoms with Gasteiger partial charge in [-0.3, -0.25) is 10.1 Å². The number of hydrogen-bond acceptors (Lipinski definition) is 5. The van der Waals surface area contributed by atoms with Crippen LogP contribution >= 0.6 is 0 Å². The first-order valence-electron chi connectivity index (χ1n) is 5.90. The molecule has 1 saturated carbocycles. The van der Waals surface area contributed by atoms with Crippen molar-refractivity contribution in [1.29, 1.82) is 0 Å². The Morgan fingerprint density at radius 1 is 1.35 bits per heavy atom. The maximum absolute atomic E-state index is 11.8. The number of carbonyl (C=O) groups excluding carboxylic acids is 1. The average Bonchev–Trinajstić information content (AvgIpc) is 2.30. The number of carbonyl (C=O) groups is 1. The van der Waals surface area contributed by atoms with Crippen molar-refractivity contribution in [3.05, 3.63) is 12.4 Å².